The van der Waals surface area contributed by atoms with Gasteiger partial charge in [0.15, 0.2) is 0 Å². The normalized spacial score (nSPS) is 34.0. The molecule has 4 aliphatic rings. The quantitative estimate of drug-likeness (QED) is 0.852. The Balaban J connectivity index is 1.58. The van der Waals surface area contributed by atoms with Crippen molar-refractivity contribution in [2.45, 2.75) is 49.4 Å². The Bertz CT molecular complexity index is 860. The molecular weight excluding hydrogens is 307 g/mol. The van der Waals surface area contributed by atoms with E-state index in [2.05, 4.69) is 5.10 Å². The van der Waals surface area contributed by atoms with Crippen LogP contribution in [0.25, 0.3) is 0 Å². The lowest BCUT2D eigenvalue weighted by Gasteiger charge is -2.64. The Labute approximate surface area is 129 Å². The van der Waals surface area contributed by atoms with Crippen LogP contribution in [0.2, 0.25) is 0 Å². The Morgan fingerprint density at radius 2 is 1.78 bits per heavy atom. The molecule has 2 aromatic rings. The topological polar surface area (TPSA) is 39.8 Å². The second kappa shape index (κ2) is 3.88. The highest BCUT2D eigenvalue weighted by atomic mass is 19.1. The van der Waals surface area contributed by atoms with Gasteiger partial charge in [0.2, 0.25) is 0 Å². The van der Waals surface area contributed by atoms with Gasteiger partial charge in [0, 0.05) is 31.7 Å². The van der Waals surface area contributed by atoms with Gasteiger partial charge in [-0.05, 0) is 24.1 Å². The first-order chi connectivity index (χ1) is 10.9. The highest BCUT2D eigenvalue weighted by molar-refractivity contribution is 5.26. The van der Waals surface area contributed by atoms with Gasteiger partial charge in [-0.3, -0.25) is 4.57 Å². The number of hydrogen-bond acceptors (Lipinski definition) is 2. The summed E-state index contributed by atoms with van der Waals surface area (Å²) in [5, 5.41) is 4.39. The Kier molecular flexibility index (Phi) is 2.26. The molecule has 3 saturated carbocycles. The molecule has 3 aliphatic carbocycles. The monoisotopic (exact) mass is 321 g/mol. The molecule has 23 heavy (non-hydrogen) atoms. The highest BCUT2D eigenvalue weighted by Crippen LogP contribution is 2.66. The zero-order valence-electron chi connectivity index (χ0n) is 12.2. The van der Waals surface area contributed by atoms with E-state index < -0.39 is 28.9 Å². The smallest absolute Gasteiger partial charge is 0.271 e. The van der Waals surface area contributed by atoms with Crippen LogP contribution < -0.4 is 5.69 Å². The van der Waals surface area contributed by atoms with Gasteiger partial charge in [-0.25, -0.2) is 22.6 Å². The van der Waals surface area contributed by atoms with Crippen LogP contribution >= 0.6 is 0 Å². The number of rotatable bonds is 2. The molecule has 120 valence electrons. The van der Waals surface area contributed by atoms with Crippen LogP contribution in [0, 0.1) is 11.6 Å². The van der Waals surface area contributed by atoms with Crippen molar-refractivity contribution in [1.29, 1.82) is 0 Å². The Morgan fingerprint density at radius 3 is 2.39 bits per heavy atom. The molecule has 0 unspecified atom stereocenters. The average molecular weight is 321 g/mol. The standard InChI is InChI=1S/C16H14F3N3O/c17-10-3-9(4-11(18)5-10)12-1-2-13-20-22(14(23)21(12)13)16-6-15(19,7-16)8-16/h3-5,12H,1-2,6-8H2/t12-,15?,16?/m0/s1. The molecule has 0 N–H and O–H groups in total. The van der Waals surface area contributed by atoms with Gasteiger partial charge >= 0.3 is 5.69 Å². The summed E-state index contributed by atoms with van der Waals surface area (Å²) < 4.78 is 43.6. The van der Waals surface area contributed by atoms with Gasteiger partial charge < -0.3 is 0 Å². The number of alkyl halides is 1. The summed E-state index contributed by atoms with van der Waals surface area (Å²) in [5.41, 5.74) is -1.45. The first-order valence-corrected chi connectivity index (χ1v) is 7.75. The van der Waals surface area contributed by atoms with Crippen LogP contribution in [-0.4, -0.2) is 20.0 Å². The summed E-state index contributed by atoms with van der Waals surface area (Å²) in [6, 6.07) is 2.91. The van der Waals surface area contributed by atoms with Crippen molar-refractivity contribution in [1.82, 2.24) is 14.3 Å². The fraction of sp³-hybridized carbons (Fsp3) is 0.500. The summed E-state index contributed by atoms with van der Waals surface area (Å²) >= 11 is 0. The van der Waals surface area contributed by atoms with Crippen molar-refractivity contribution < 1.29 is 13.2 Å². The lowest BCUT2D eigenvalue weighted by molar-refractivity contribution is -0.205. The van der Waals surface area contributed by atoms with Crippen molar-refractivity contribution in [3.8, 4) is 0 Å². The van der Waals surface area contributed by atoms with Gasteiger partial charge in [0.25, 0.3) is 0 Å². The van der Waals surface area contributed by atoms with E-state index in [1.54, 1.807) is 0 Å². The number of hydrogen-bond donors (Lipinski definition) is 0. The van der Waals surface area contributed by atoms with Gasteiger partial charge in [0.1, 0.15) is 23.1 Å². The summed E-state index contributed by atoms with van der Waals surface area (Å²) in [7, 11) is 0. The predicted molar refractivity (Wildman–Crippen MR) is 75.0 cm³/mol. The minimum atomic E-state index is -1.11. The van der Waals surface area contributed by atoms with E-state index in [9.17, 15) is 18.0 Å². The molecule has 1 aliphatic heterocycles. The van der Waals surface area contributed by atoms with Gasteiger partial charge in [-0.15, -0.1) is 0 Å². The third-order valence-electron chi connectivity index (χ3n) is 5.49. The van der Waals surface area contributed by atoms with Crippen LogP contribution in [0.1, 0.15) is 43.1 Å². The van der Waals surface area contributed by atoms with Crippen molar-refractivity contribution in [2.75, 3.05) is 0 Å². The second-order valence-electron chi connectivity index (χ2n) is 7.14. The Hall–Kier alpha value is -2.05. The zero-order chi connectivity index (χ0) is 16.0. The van der Waals surface area contributed by atoms with Crippen molar-refractivity contribution >= 4 is 0 Å². The fourth-order valence-corrected chi connectivity index (χ4v) is 4.53. The average Bonchev–Trinajstić information content (AvgIpc) is 2.94. The molecule has 1 aromatic carbocycles. The van der Waals surface area contributed by atoms with Crippen LogP contribution in [0.15, 0.2) is 23.0 Å². The minimum absolute atomic E-state index is 0.297. The molecule has 1 atom stereocenters. The van der Waals surface area contributed by atoms with Crippen LogP contribution in [0.3, 0.4) is 0 Å². The SMILES string of the molecule is O=c1n(C23CC(F)(C2)C3)nc2n1[C@H](c1cc(F)cc(F)c1)CC2. The summed E-state index contributed by atoms with van der Waals surface area (Å²) in [6.07, 6.45) is 2.18. The zero-order valence-corrected chi connectivity index (χ0v) is 12.2. The molecule has 3 fully saturated rings. The van der Waals surface area contributed by atoms with Gasteiger partial charge in [-0.2, -0.15) is 5.10 Å². The van der Waals surface area contributed by atoms with Crippen LogP contribution in [0.5, 0.6) is 0 Å². The molecule has 7 heteroatoms. The third-order valence-corrected chi connectivity index (χ3v) is 5.49. The lowest BCUT2D eigenvalue weighted by Crippen LogP contribution is -2.72. The second-order valence-corrected chi connectivity index (χ2v) is 7.14. The predicted octanol–water partition coefficient (Wildman–Crippen LogP) is 2.46. The van der Waals surface area contributed by atoms with Crippen LogP contribution in [-0.2, 0) is 12.0 Å². The van der Waals surface area contributed by atoms with Crippen LogP contribution in [0.4, 0.5) is 13.2 Å². The molecule has 2 heterocycles. The molecule has 0 amide bonds. The molecule has 2 bridgehead atoms. The molecule has 0 saturated heterocycles. The molecule has 4 nitrogen and oxygen atoms in total. The molecular formula is C16H14F3N3O. The molecule has 6 rings (SSSR count). The highest BCUT2D eigenvalue weighted by Gasteiger charge is 2.71. The first-order valence-electron chi connectivity index (χ1n) is 7.75. The van der Waals surface area contributed by atoms with E-state index in [-0.39, 0.29) is 5.69 Å². The fourth-order valence-electron chi connectivity index (χ4n) is 4.53. The summed E-state index contributed by atoms with van der Waals surface area (Å²) in [5.74, 6) is -0.706. The van der Waals surface area contributed by atoms with Crippen molar-refractivity contribution in [2.24, 2.45) is 0 Å². The lowest BCUT2D eigenvalue weighted by atomic mass is 9.47. The maximum Gasteiger partial charge on any atom is 0.347 e. The molecule has 0 radical (unpaired) electrons. The Morgan fingerprint density at radius 1 is 1.13 bits per heavy atom. The maximum atomic E-state index is 13.7. The number of benzene rings is 1. The van der Waals surface area contributed by atoms with Crippen molar-refractivity contribution in [3.63, 3.8) is 0 Å². The van der Waals surface area contributed by atoms with E-state index in [0.717, 1.165) is 6.07 Å². The van der Waals surface area contributed by atoms with Crippen molar-refractivity contribution in [3.05, 3.63) is 51.7 Å². The molecule has 0 spiro atoms. The number of fused-ring (bicyclic) bond motifs is 1. The van der Waals surface area contributed by atoms with E-state index in [1.807, 2.05) is 0 Å². The number of aromatic nitrogens is 3. The first kappa shape index (κ1) is 13.4. The van der Waals surface area contributed by atoms with Gasteiger partial charge in [-0.1, -0.05) is 0 Å². The van der Waals surface area contributed by atoms with E-state index in [1.165, 1.54) is 21.4 Å². The van der Waals surface area contributed by atoms with E-state index >= 15 is 0 Å². The van der Waals surface area contributed by atoms with E-state index in [0.29, 0.717) is 43.5 Å². The largest absolute Gasteiger partial charge is 0.347 e. The molecule has 1 aromatic heterocycles. The number of halogens is 3. The van der Waals surface area contributed by atoms with E-state index in [4.69, 9.17) is 0 Å². The van der Waals surface area contributed by atoms with Gasteiger partial charge in [0.05, 0.1) is 11.6 Å². The third kappa shape index (κ3) is 1.62. The number of aryl methyl sites for hydroxylation is 1. The maximum absolute atomic E-state index is 13.7. The minimum Gasteiger partial charge on any atom is -0.271 e. The summed E-state index contributed by atoms with van der Waals surface area (Å²) in [4.78, 5) is 12.7. The summed E-state index contributed by atoms with van der Waals surface area (Å²) in [6.45, 7) is 0. The number of nitrogens with zero attached hydrogens (tertiary/aromatic N) is 3.